The van der Waals surface area contributed by atoms with Crippen LogP contribution in [-0.4, -0.2) is 58.5 Å². The first-order chi connectivity index (χ1) is 12.2. The lowest BCUT2D eigenvalue weighted by Gasteiger charge is -2.35. The molecular weight excluding hydrogens is 318 g/mol. The van der Waals surface area contributed by atoms with Crippen LogP contribution in [0.25, 0.3) is 5.65 Å². The van der Waals surface area contributed by atoms with E-state index in [0.717, 1.165) is 30.2 Å². The van der Waals surface area contributed by atoms with Crippen LogP contribution in [0.4, 0.5) is 5.69 Å². The summed E-state index contributed by atoms with van der Waals surface area (Å²) in [4.78, 5) is 25.4. The van der Waals surface area contributed by atoms with Crippen LogP contribution in [0.15, 0.2) is 49.1 Å². The van der Waals surface area contributed by atoms with Gasteiger partial charge in [0, 0.05) is 44.6 Å². The Kier molecular flexibility index (Phi) is 3.97. The predicted molar refractivity (Wildman–Crippen MR) is 94.1 cm³/mol. The highest BCUT2D eigenvalue weighted by molar-refractivity contribution is 5.93. The summed E-state index contributed by atoms with van der Waals surface area (Å²) in [7, 11) is 1.63. The summed E-state index contributed by atoms with van der Waals surface area (Å²) in [6.07, 6.45) is 7.19. The Morgan fingerprint density at radius 2 is 2.00 bits per heavy atom. The molecule has 0 aliphatic carbocycles. The normalized spacial score (nSPS) is 14.8. The molecule has 1 saturated heterocycles. The van der Waals surface area contributed by atoms with Crippen molar-refractivity contribution in [2.24, 2.45) is 0 Å². The minimum absolute atomic E-state index is 0.0212. The van der Waals surface area contributed by atoms with E-state index in [2.05, 4.69) is 14.9 Å². The van der Waals surface area contributed by atoms with E-state index in [0.29, 0.717) is 18.8 Å². The summed E-state index contributed by atoms with van der Waals surface area (Å²) in [6, 6.07) is 7.69. The summed E-state index contributed by atoms with van der Waals surface area (Å²) in [6.45, 7) is 2.83. The van der Waals surface area contributed by atoms with Crippen LogP contribution in [0, 0.1) is 0 Å². The molecule has 0 bridgehead atoms. The second-order valence-electron chi connectivity index (χ2n) is 5.95. The van der Waals surface area contributed by atoms with E-state index in [-0.39, 0.29) is 5.91 Å². The van der Waals surface area contributed by atoms with Crippen LogP contribution < -0.4 is 9.64 Å². The number of nitrogens with zero attached hydrogens (tertiary/aromatic N) is 5. The number of rotatable bonds is 3. The van der Waals surface area contributed by atoms with Gasteiger partial charge in [0.15, 0.2) is 0 Å². The number of anilines is 1. The third kappa shape index (κ3) is 3.00. The van der Waals surface area contributed by atoms with Crippen molar-refractivity contribution in [2.75, 3.05) is 38.2 Å². The average molecular weight is 337 g/mol. The van der Waals surface area contributed by atoms with Crippen LogP contribution in [0.5, 0.6) is 5.75 Å². The van der Waals surface area contributed by atoms with E-state index in [1.54, 1.807) is 19.5 Å². The van der Waals surface area contributed by atoms with Gasteiger partial charge < -0.3 is 18.9 Å². The van der Waals surface area contributed by atoms with Gasteiger partial charge >= 0.3 is 0 Å². The number of fused-ring (bicyclic) bond motifs is 1. The Morgan fingerprint density at radius 1 is 1.16 bits per heavy atom. The van der Waals surface area contributed by atoms with Crippen molar-refractivity contribution >= 4 is 17.2 Å². The van der Waals surface area contributed by atoms with Gasteiger partial charge in [-0.25, -0.2) is 4.98 Å². The fourth-order valence-electron chi connectivity index (χ4n) is 3.06. The lowest BCUT2D eigenvalue weighted by atomic mass is 10.2. The van der Waals surface area contributed by atoms with Crippen LogP contribution >= 0.6 is 0 Å². The van der Waals surface area contributed by atoms with Crippen LogP contribution in [0.3, 0.4) is 0 Å². The van der Waals surface area contributed by atoms with Crippen LogP contribution in [0.2, 0.25) is 0 Å². The number of piperazine rings is 1. The number of imidazole rings is 1. The molecule has 0 aromatic carbocycles. The maximum absolute atomic E-state index is 12.7. The smallest absolute Gasteiger partial charge is 0.274 e. The number of ether oxygens (including phenoxy) is 1. The van der Waals surface area contributed by atoms with E-state index < -0.39 is 0 Å². The molecule has 4 rings (SSSR count). The number of pyridine rings is 2. The van der Waals surface area contributed by atoms with Gasteiger partial charge in [0.1, 0.15) is 17.1 Å². The molecule has 25 heavy (non-hydrogen) atoms. The second-order valence-corrected chi connectivity index (χ2v) is 5.95. The molecule has 0 atom stereocenters. The number of amides is 1. The van der Waals surface area contributed by atoms with E-state index in [1.807, 2.05) is 46.0 Å². The predicted octanol–water partition coefficient (Wildman–Crippen LogP) is 1.70. The molecule has 0 spiro atoms. The van der Waals surface area contributed by atoms with Crippen molar-refractivity contribution in [3.8, 4) is 5.75 Å². The zero-order chi connectivity index (χ0) is 17.2. The molecule has 0 N–H and O–H groups in total. The fourth-order valence-corrected chi connectivity index (χ4v) is 3.06. The molecule has 0 radical (unpaired) electrons. The van der Waals surface area contributed by atoms with Gasteiger partial charge in [-0.2, -0.15) is 0 Å². The van der Waals surface area contributed by atoms with Gasteiger partial charge in [-0.15, -0.1) is 0 Å². The number of methoxy groups -OCH3 is 1. The molecule has 1 aliphatic rings. The first-order valence-corrected chi connectivity index (χ1v) is 8.21. The Balaban J connectivity index is 1.45. The molecule has 7 nitrogen and oxygen atoms in total. The van der Waals surface area contributed by atoms with Gasteiger partial charge in [0.05, 0.1) is 25.2 Å². The number of hydrogen-bond donors (Lipinski definition) is 0. The molecule has 3 aromatic rings. The Hall–Kier alpha value is -3.09. The van der Waals surface area contributed by atoms with Gasteiger partial charge in [-0.05, 0) is 12.1 Å². The van der Waals surface area contributed by atoms with E-state index in [4.69, 9.17) is 4.74 Å². The van der Waals surface area contributed by atoms with Gasteiger partial charge in [0.2, 0.25) is 0 Å². The summed E-state index contributed by atoms with van der Waals surface area (Å²) >= 11 is 0. The van der Waals surface area contributed by atoms with Crippen LogP contribution in [-0.2, 0) is 0 Å². The molecule has 0 saturated carbocycles. The van der Waals surface area contributed by atoms with E-state index in [9.17, 15) is 4.79 Å². The average Bonchev–Trinajstić information content (AvgIpc) is 3.12. The van der Waals surface area contributed by atoms with Crippen molar-refractivity contribution in [1.82, 2.24) is 19.3 Å². The third-order valence-electron chi connectivity index (χ3n) is 4.45. The van der Waals surface area contributed by atoms with Gasteiger partial charge in [-0.1, -0.05) is 6.07 Å². The standard InChI is InChI=1S/C18H19N5O2/c1-25-15-10-14(11-19-12-15)21-6-8-22(9-7-21)18(24)16-13-23-5-3-2-4-17(23)20-16/h2-5,10-13H,6-9H2,1H3. The topological polar surface area (TPSA) is 63.0 Å². The third-order valence-corrected chi connectivity index (χ3v) is 4.45. The van der Waals surface area contributed by atoms with E-state index >= 15 is 0 Å². The molecule has 3 aromatic heterocycles. The lowest BCUT2D eigenvalue weighted by molar-refractivity contribution is 0.0741. The molecular formula is C18H19N5O2. The van der Waals surface area contributed by atoms with Crippen molar-refractivity contribution in [2.45, 2.75) is 0 Å². The Bertz CT molecular complexity index is 866. The highest BCUT2D eigenvalue weighted by Gasteiger charge is 2.24. The number of hydrogen-bond acceptors (Lipinski definition) is 5. The Morgan fingerprint density at radius 3 is 2.76 bits per heavy atom. The maximum Gasteiger partial charge on any atom is 0.274 e. The molecule has 4 heterocycles. The zero-order valence-electron chi connectivity index (χ0n) is 14.0. The van der Waals surface area contributed by atoms with Crippen molar-refractivity contribution in [1.29, 1.82) is 0 Å². The molecule has 1 fully saturated rings. The van der Waals surface area contributed by atoms with Gasteiger partial charge in [0.25, 0.3) is 5.91 Å². The maximum atomic E-state index is 12.7. The monoisotopic (exact) mass is 337 g/mol. The minimum atomic E-state index is -0.0212. The second kappa shape index (κ2) is 6.43. The summed E-state index contributed by atoms with van der Waals surface area (Å²) < 4.78 is 7.09. The minimum Gasteiger partial charge on any atom is -0.495 e. The Labute approximate surface area is 145 Å². The quantitative estimate of drug-likeness (QED) is 0.728. The highest BCUT2D eigenvalue weighted by atomic mass is 16.5. The number of carbonyl (C=O) groups excluding carboxylic acids is 1. The summed E-state index contributed by atoms with van der Waals surface area (Å²) in [5.41, 5.74) is 2.29. The molecule has 1 amide bonds. The zero-order valence-corrected chi connectivity index (χ0v) is 14.0. The first-order valence-electron chi connectivity index (χ1n) is 8.21. The largest absolute Gasteiger partial charge is 0.495 e. The number of carbonyl (C=O) groups is 1. The molecule has 7 heteroatoms. The molecule has 128 valence electrons. The van der Waals surface area contributed by atoms with Crippen molar-refractivity contribution in [3.63, 3.8) is 0 Å². The van der Waals surface area contributed by atoms with Gasteiger partial charge in [-0.3, -0.25) is 9.78 Å². The van der Waals surface area contributed by atoms with Crippen molar-refractivity contribution in [3.05, 3.63) is 54.7 Å². The first kappa shape index (κ1) is 15.4. The number of aromatic nitrogens is 3. The lowest BCUT2D eigenvalue weighted by Crippen LogP contribution is -2.48. The summed E-state index contributed by atoms with van der Waals surface area (Å²) in [5.74, 6) is 0.716. The van der Waals surface area contributed by atoms with Crippen LogP contribution in [0.1, 0.15) is 10.5 Å². The van der Waals surface area contributed by atoms with E-state index in [1.165, 1.54) is 0 Å². The summed E-state index contributed by atoms with van der Waals surface area (Å²) in [5, 5.41) is 0. The molecule has 0 unspecified atom stereocenters. The fraction of sp³-hybridized carbons (Fsp3) is 0.278. The SMILES string of the molecule is COc1cncc(N2CCN(C(=O)c3cn4ccccc4n3)CC2)c1. The highest BCUT2D eigenvalue weighted by Crippen LogP contribution is 2.21. The molecule has 1 aliphatic heterocycles. The van der Waals surface area contributed by atoms with Crippen molar-refractivity contribution < 1.29 is 9.53 Å².